The molecule has 0 amide bonds. The second-order valence-electron chi connectivity index (χ2n) is 6.62. The van der Waals surface area contributed by atoms with Crippen LogP contribution in [0.2, 0.25) is 0 Å². The molecular weight excluding hydrogens is 240 g/mol. The summed E-state index contributed by atoms with van der Waals surface area (Å²) < 4.78 is 11.9. The van der Waals surface area contributed by atoms with Crippen LogP contribution in [0.15, 0.2) is 0 Å². The van der Waals surface area contributed by atoms with Gasteiger partial charge in [-0.1, -0.05) is 0 Å². The van der Waals surface area contributed by atoms with E-state index in [4.69, 9.17) is 9.47 Å². The second kappa shape index (κ2) is 6.08. The Bertz CT molecular complexity index is 286. The van der Waals surface area contributed by atoms with Crippen LogP contribution in [-0.2, 0) is 9.47 Å². The number of nitrogens with zero attached hydrogens (tertiary/aromatic N) is 1. The lowest BCUT2D eigenvalue weighted by Gasteiger charge is -2.36. The van der Waals surface area contributed by atoms with Crippen LogP contribution in [0.4, 0.5) is 0 Å². The molecule has 0 spiro atoms. The monoisotopic (exact) mass is 268 g/mol. The lowest BCUT2D eigenvalue weighted by Crippen LogP contribution is -2.48. The molecule has 3 fully saturated rings. The van der Waals surface area contributed by atoms with Gasteiger partial charge in [0.05, 0.1) is 24.4 Å². The summed E-state index contributed by atoms with van der Waals surface area (Å²) in [6, 6.07) is 0.795. The van der Waals surface area contributed by atoms with E-state index in [0.717, 1.165) is 32.2 Å². The molecule has 0 aromatic carbocycles. The minimum Gasteiger partial charge on any atom is -0.373 e. The Morgan fingerprint density at radius 2 is 1.63 bits per heavy atom. The molecule has 1 N–H and O–H groups in total. The van der Waals surface area contributed by atoms with Gasteiger partial charge in [-0.25, -0.2) is 0 Å². The number of morpholine rings is 1. The summed E-state index contributed by atoms with van der Waals surface area (Å²) in [6.07, 6.45) is 6.76. The van der Waals surface area contributed by atoms with Crippen molar-refractivity contribution in [2.45, 2.75) is 70.0 Å². The zero-order valence-corrected chi connectivity index (χ0v) is 12.3. The Balaban J connectivity index is 1.38. The highest BCUT2D eigenvalue weighted by molar-refractivity contribution is 4.85. The lowest BCUT2D eigenvalue weighted by molar-refractivity contribution is -0.0811. The standard InChI is InChI=1S/C15H28N2O2/c1-11-8-17(9-12(2)18-11)10-15-6-5-14(19-15)7-16-13-3-4-13/h11-16H,3-10H2,1-2H3. The van der Waals surface area contributed by atoms with Crippen molar-refractivity contribution in [3.05, 3.63) is 0 Å². The van der Waals surface area contributed by atoms with Crippen molar-refractivity contribution in [2.24, 2.45) is 0 Å². The topological polar surface area (TPSA) is 33.7 Å². The smallest absolute Gasteiger partial charge is 0.0707 e. The van der Waals surface area contributed by atoms with E-state index in [0.29, 0.717) is 24.4 Å². The van der Waals surface area contributed by atoms with Gasteiger partial charge >= 0.3 is 0 Å². The van der Waals surface area contributed by atoms with Crippen molar-refractivity contribution in [2.75, 3.05) is 26.2 Å². The predicted octanol–water partition coefficient (Wildman–Crippen LogP) is 1.40. The quantitative estimate of drug-likeness (QED) is 0.817. The van der Waals surface area contributed by atoms with E-state index in [1.807, 2.05) is 0 Å². The Morgan fingerprint density at radius 1 is 0.947 bits per heavy atom. The van der Waals surface area contributed by atoms with Crippen molar-refractivity contribution in [1.29, 1.82) is 0 Å². The molecule has 2 saturated heterocycles. The van der Waals surface area contributed by atoms with Crippen molar-refractivity contribution in [3.63, 3.8) is 0 Å². The minimum absolute atomic E-state index is 0.359. The molecule has 4 nitrogen and oxygen atoms in total. The number of hydrogen-bond acceptors (Lipinski definition) is 4. The van der Waals surface area contributed by atoms with Gasteiger partial charge in [0.15, 0.2) is 0 Å². The summed E-state index contributed by atoms with van der Waals surface area (Å²) >= 11 is 0. The summed E-state index contributed by atoms with van der Waals surface area (Å²) in [5, 5.41) is 3.58. The first-order chi connectivity index (χ1) is 9.19. The van der Waals surface area contributed by atoms with Crippen molar-refractivity contribution in [1.82, 2.24) is 10.2 Å². The van der Waals surface area contributed by atoms with Gasteiger partial charge in [-0.3, -0.25) is 4.90 Å². The molecule has 4 unspecified atom stereocenters. The molecule has 3 rings (SSSR count). The van der Waals surface area contributed by atoms with E-state index in [9.17, 15) is 0 Å². The molecular formula is C15H28N2O2. The van der Waals surface area contributed by atoms with E-state index in [2.05, 4.69) is 24.1 Å². The maximum Gasteiger partial charge on any atom is 0.0707 e. The number of nitrogens with one attached hydrogen (secondary N) is 1. The molecule has 4 atom stereocenters. The van der Waals surface area contributed by atoms with E-state index in [1.165, 1.54) is 25.7 Å². The first kappa shape index (κ1) is 13.8. The molecule has 0 bridgehead atoms. The number of rotatable bonds is 5. The third-order valence-corrected chi connectivity index (χ3v) is 4.36. The zero-order valence-electron chi connectivity index (χ0n) is 12.3. The van der Waals surface area contributed by atoms with E-state index in [-0.39, 0.29) is 0 Å². The van der Waals surface area contributed by atoms with Gasteiger partial charge in [0.2, 0.25) is 0 Å². The fourth-order valence-corrected chi connectivity index (χ4v) is 3.37. The molecule has 0 radical (unpaired) electrons. The average Bonchev–Trinajstić information content (AvgIpc) is 3.06. The highest BCUT2D eigenvalue weighted by atomic mass is 16.5. The van der Waals surface area contributed by atoms with Crippen molar-refractivity contribution < 1.29 is 9.47 Å². The highest BCUT2D eigenvalue weighted by Crippen LogP contribution is 2.24. The Hall–Kier alpha value is -0.160. The summed E-state index contributed by atoms with van der Waals surface area (Å²) in [4.78, 5) is 2.51. The predicted molar refractivity (Wildman–Crippen MR) is 75.4 cm³/mol. The molecule has 0 aromatic heterocycles. The molecule has 2 heterocycles. The first-order valence-corrected chi connectivity index (χ1v) is 7.95. The fourth-order valence-electron chi connectivity index (χ4n) is 3.37. The van der Waals surface area contributed by atoms with Crippen LogP contribution in [0.3, 0.4) is 0 Å². The zero-order chi connectivity index (χ0) is 13.2. The van der Waals surface area contributed by atoms with Gasteiger partial charge in [0.1, 0.15) is 0 Å². The summed E-state index contributed by atoms with van der Waals surface area (Å²) in [5.41, 5.74) is 0. The molecule has 110 valence electrons. The van der Waals surface area contributed by atoms with Crippen LogP contribution < -0.4 is 5.32 Å². The lowest BCUT2D eigenvalue weighted by atomic mass is 10.1. The van der Waals surface area contributed by atoms with Crippen LogP contribution in [0, 0.1) is 0 Å². The van der Waals surface area contributed by atoms with Crippen molar-refractivity contribution in [3.8, 4) is 0 Å². The molecule has 4 heteroatoms. The van der Waals surface area contributed by atoms with E-state index >= 15 is 0 Å². The van der Waals surface area contributed by atoms with Crippen LogP contribution >= 0.6 is 0 Å². The third-order valence-electron chi connectivity index (χ3n) is 4.36. The van der Waals surface area contributed by atoms with Crippen LogP contribution in [0.1, 0.15) is 39.5 Å². The SMILES string of the molecule is CC1CN(CC2CCC(CNC3CC3)O2)CC(C)O1. The van der Waals surface area contributed by atoms with Crippen LogP contribution in [0.5, 0.6) is 0 Å². The highest BCUT2D eigenvalue weighted by Gasteiger charge is 2.31. The number of hydrogen-bond donors (Lipinski definition) is 1. The van der Waals surface area contributed by atoms with Gasteiger partial charge in [-0.15, -0.1) is 0 Å². The largest absolute Gasteiger partial charge is 0.373 e. The van der Waals surface area contributed by atoms with Gasteiger partial charge in [-0.2, -0.15) is 0 Å². The number of ether oxygens (including phenoxy) is 2. The molecule has 3 aliphatic rings. The molecule has 1 aliphatic carbocycles. The van der Waals surface area contributed by atoms with Gasteiger partial charge in [0.25, 0.3) is 0 Å². The summed E-state index contributed by atoms with van der Waals surface area (Å²) in [5.74, 6) is 0. The van der Waals surface area contributed by atoms with Gasteiger partial charge in [0, 0.05) is 32.2 Å². The molecule has 2 aliphatic heterocycles. The average molecular weight is 268 g/mol. The Labute approximate surface area is 116 Å². The summed E-state index contributed by atoms with van der Waals surface area (Å²) in [7, 11) is 0. The minimum atomic E-state index is 0.359. The van der Waals surface area contributed by atoms with Crippen molar-refractivity contribution >= 4 is 0 Å². The molecule has 19 heavy (non-hydrogen) atoms. The van der Waals surface area contributed by atoms with Crippen LogP contribution in [0.25, 0.3) is 0 Å². The van der Waals surface area contributed by atoms with E-state index < -0.39 is 0 Å². The summed E-state index contributed by atoms with van der Waals surface area (Å²) in [6.45, 7) is 8.57. The second-order valence-corrected chi connectivity index (χ2v) is 6.62. The maximum atomic E-state index is 6.17. The molecule has 1 saturated carbocycles. The maximum absolute atomic E-state index is 6.17. The van der Waals surface area contributed by atoms with Crippen LogP contribution in [-0.4, -0.2) is 61.5 Å². The first-order valence-electron chi connectivity index (χ1n) is 7.95. The Morgan fingerprint density at radius 3 is 2.32 bits per heavy atom. The van der Waals surface area contributed by atoms with Gasteiger partial charge < -0.3 is 14.8 Å². The Kier molecular flexibility index (Phi) is 4.42. The molecule has 0 aromatic rings. The normalized spacial score (nSPS) is 40.7. The third kappa shape index (κ3) is 4.15. The van der Waals surface area contributed by atoms with Gasteiger partial charge in [-0.05, 0) is 39.5 Å². The fraction of sp³-hybridized carbons (Fsp3) is 1.00. The van der Waals surface area contributed by atoms with E-state index in [1.54, 1.807) is 0 Å².